The van der Waals surface area contributed by atoms with E-state index in [1.807, 2.05) is 6.07 Å². The van der Waals surface area contributed by atoms with Gasteiger partial charge in [-0.2, -0.15) is 22.7 Å². The third-order valence-electron chi connectivity index (χ3n) is 3.08. The number of nitrogens with zero attached hydrogens (tertiary/aromatic N) is 3. The summed E-state index contributed by atoms with van der Waals surface area (Å²) in [6.07, 6.45) is -2.67. The molecule has 0 bridgehead atoms. The Kier molecular flexibility index (Phi) is 3.95. The Balaban J connectivity index is 2.37. The lowest BCUT2D eigenvalue weighted by atomic mass is 10.3. The number of rotatable bonds is 4. The third-order valence-corrected chi connectivity index (χ3v) is 5.08. The smallest absolute Gasteiger partial charge is 0.250 e. The van der Waals surface area contributed by atoms with Gasteiger partial charge in [-0.1, -0.05) is 0 Å². The van der Waals surface area contributed by atoms with Crippen molar-refractivity contribution in [2.45, 2.75) is 42.9 Å². The minimum atomic E-state index is -4.63. The van der Waals surface area contributed by atoms with Gasteiger partial charge in [-0.25, -0.2) is 8.42 Å². The molecule has 5 nitrogen and oxygen atoms in total. The fourth-order valence-corrected chi connectivity index (χ4v) is 3.66. The predicted molar refractivity (Wildman–Crippen MR) is 66.4 cm³/mol. The number of hydrogen-bond donors (Lipinski definition) is 0. The van der Waals surface area contributed by atoms with Gasteiger partial charge < -0.3 is 0 Å². The zero-order valence-corrected chi connectivity index (χ0v) is 11.8. The molecule has 0 N–H and O–H groups in total. The van der Waals surface area contributed by atoms with Gasteiger partial charge >= 0.3 is 6.18 Å². The number of alkyl halides is 3. The fourth-order valence-electron chi connectivity index (χ4n) is 1.93. The zero-order chi connectivity index (χ0) is 15.8. The lowest BCUT2D eigenvalue weighted by molar-refractivity contribution is -0.141. The molecule has 1 heterocycles. The van der Waals surface area contributed by atoms with Gasteiger partial charge in [0, 0.05) is 12.2 Å². The quantitative estimate of drug-likeness (QED) is 0.852. The first kappa shape index (κ1) is 15.7. The second kappa shape index (κ2) is 5.27. The summed E-state index contributed by atoms with van der Waals surface area (Å²) in [7, 11) is -4.03. The van der Waals surface area contributed by atoms with Crippen molar-refractivity contribution in [2.24, 2.45) is 0 Å². The first-order valence-corrected chi connectivity index (χ1v) is 7.58. The standard InChI is InChI=1S/C12H12F3N3O2S/c1-8(6-16)18(9-2-3-9)21(19,20)10-4-5-11(17-7-10)12(13,14)15/h4-5,7-9H,2-3H2,1H3. The summed E-state index contributed by atoms with van der Waals surface area (Å²) in [6, 6.07) is 2.17. The lowest BCUT2D eigenvalue weighted by Crippen LogP contribution is -2.39. The SMILES string of the molecule is CC(C#N)N(C1CC1)S(=O)(=O)c1ccc(C(F)(F)F)nc1. The Bertz CT molecular complexity index is 660. The molecule has 0 saturated heterocycles. The van der Waals surface area contributed by atoms with E-state index in [4.69, 9.17) is 5.26 Å². The van der Waals surface area contributed by atoms with Crippen molar-refractivity contribution >= 4 is 10.0 Å². The van der Waals surface area contributed by atoms with Gasteiger partial charge in [-0.3, -0.25) is 4.98 Å². The number of nitriles is 1. The molecule has 0 radical (unpaired) electrons. The van der Waals surface area contributed by atoms with Gasteiger partial charge in [0.15, 0.2) is 0 Å². The summed E-state index contributed by atoms with van der Waals surface area (Å²) in [5, 5.41) is 8.92. The maximum Gasteiger partial charge on any atom is 0.433 e. The number of halogens is 3. The Labute approximate surface area is 120 Å². The van der Waals surface area contributed by atoms with Crippen LogP contribution in [0.2, 0.25) is 0 Å². The first-order chi connectivity index (χ1) is 9.67. The lowest BCUT2D eigenvalue weighted by Gasteiger charge is -2.23. The third kappa shape index (κ3) is 3.16. The van der Waals surface area contributed by atoms with Crippen molar-refractivity contribution in [1.82, 2.24) is 9.29 Å². The molecule has 0 aliphatic heterocycles. The van der Waals surface area contributed by atoms with Crippen molar-refractivity contribution in [2.75, 3.05) is 0 Å². The van der Waals surface area contributed by atoms with Crippen LogP contribution in [0.1, 0.15) is 25.5 Å². The van der Waals surface area contributed by atoms with Gasteiger partial charge in [0.05, 0.1) is 6.07 Å². The summed E-state index contributed by atoms with van der Waals surface area (Å²) in [6.45, 7) is 1.44. The molecule has 0 amide bonds. The molecule has 1 saturated carbocycles. The average molecular weight is 319 g/mol. The second-order valence-electron chi connectivity index (χ2n) is 4.75. The van der Waals surface area contributed by atoms with E-state index in [2.05, 4.69) is 4.98 Å². The van der Waals surface area contributed by atoms with E-state index in [0.29, 0.717) is 25.1 Å². The molecule has 114 valence electrons. The van der Waals surface area contributed by atoms with Crippen LogP contribution in [-0.4, -0.2) is 29.8 Å². The van der Waals surface area contributed by atoms with E-state index < -0.39 is 27.9 Å². The molecule has 21 heavy (non-hydrogen) atoms. The van der Waals surface area contributed by atoms with E-state index in [-0.39, 0.29) is 10.9 Å². The van der Waals surface area contributed by atoms with E-state index in [0.717, 1.165) is 10.4 Å². The maximum absolute atomic E-state index is 12.4. The molecule has 9 heteroatoms. The molecule has 0 aromatic carbocycles. The summed E-state index contributed by atoms with van der Waals surface area (Å²) in [5.41, 5.74) is -1.16. The molecule has 1 aliphatic carbocycles. The average Bonchev–Trinajstić information content (AvgIpc) is 3.22. The number of sulfonamides is 1. The van der Waals surface area contributed by atoms with Crippen LogP contribution in [0, 0.1) is 11.3 Å². The topological polar surface area (TPSA) is 74.1 Å². The van der Waals surface area contributed by atoms with Gasteiger partial charge in [-0.15, -0.1) is 0 Å². The molecule has 1 aromatic rings. The Morgan fingerprint density at radius 1 is 1.43 bits per heavy atom. The monoisotopic (exact) mass is 319 g/mol. The van der Waals surface area contributed by atoms with Crippen LogP contribution in [0.5, 0.6) is 0 Å². The molecule has 1 aliphatic rings. The van der Waals surface area contributed by atoms with Crippen LogP contribution in [0.4, 0.5) is 13.2 Å². The Hall–Kier alpha value is -1.66. The van der Waals surface area contributed by atoms with Crippen molar-refractivity contribution < 1.29 is 21.6 Å². The number of pyridine rings is 1. The molecule has 1 atom stereocenters. The van der Waals surface area contributed by atoms with Crippen LogP contribution in [0.3, 0.4) is 0 Å². The maximum atomic E-state index is 12.4. The van der Waals surface area contributed by atoms with Crippen molar-refractivity contribution in [1.29, 1.82) is 5.26 Å². The number of aromatic nitrogens is 1. The highest BCUT2D eigenvalue weighted by Crippen LogP contribution is 2.34. The molecule has 1 fully saturated rings. The molecular weight excluding hydrogens is 307 g/mol. The largest absolute Gasteiger partial charge is 0.433 e. The van der Waals surface area contributed by atoms with Crippen molar-refractivity contribution in [3.05, 3.63) is 24.0 Å². The van der Waals surface area contributed by atoms with E-state index >= 15 is 0 Å². The fraction of sp³-hybridized carbons (Fsp3) is 0.500. The van der Waals surface area contributed by atoms with Gasteiger partial charge in [0.1, 0.15) is 16.6 Å². The Morgan fingerprint density at radius 2 is 2.05 bits per heavy atom. The van der Waals surface area contributed by atoms with Gasteiger partial charge in [0.2, 0.25) is 10.0 Å². The molecular formula is C12H12F3N3O2S. The van der Waals surface area contributed by atoms with Crippen LogP contribution in [0.15, 0.2) is 23.2 Å². The molecule has 2 rings (SSSR count). The van der Waals surface area contributed by atoms with Crippen LogP contribution >= 0.6 is 0 Å². The van der Waals surface area contributed by atoms with Gasteiger partial charge in [-0.05, 0) is 31.9 Å². The first-order valence-electron chi connectivity index (χ1n) is 6.14. The van der Waals surface area contributed by atoms with E-state index in [1.165, 1.54) is 6.92 Å². The summed E-state index contributed by atoms with van der Waals surface area (Å²) < 4.78 is 63.2. The normalized spacial score (nSPS) is 17.5. The summed E-state index contributed by atoms with van der Waals surface area (Å²) in [5.74, 6) is 0. The van der Waals surface area contributed by atoms with Gasteiger partial charge in [0.25, 0.3) is 0 Å². The Morgan fingerprint density at radius 3 is 2.43 bits per heavy atom. The molecule has 1 aromatic heterocycles. The van der Waals surface area contributed by atoms with E-state index in [9.17, 15) is 21.6 Å². The van der Waals surface area contributed by atoms with Crippen LogP contribution in [0.25, 0.3) is 0 Å². The molecule has 1 unspecified atom stereocenters. The summed E-state index contributed by atoms with van der Waals surface area (Å²) >= 11 is 0. The minimum Gasteiger partial charge on any atom is -0.250 e. The van der Waals surface area contributed by atoms with Crippen LogP contribution < -0.4 is 0 Å². The van der Waals surface area contributed by atoms with Crippen LogP contribution in [-0.2, 0) is 16.2 Å². The van der Waals surface area contributed by atoms with Crippen molar-refractivity contribution in [3.8, 4) is 6.07 Å². The van der Waals surface area contributed by atoms with E-state index in [1.54, 1.807) is 0 Å². The highest BCUT2D eigenvalue weighted by Gasteiger charge is 2.42. The second-order valence-corrected chi connectivity index (χ2v) is 6.59. The van der Waals surface area contributed by atoms with Crippen molar-refractivity contribution in [3.63, 3.8) is 0 Å². The molecule has 0 spiro atoms. The predicted octanol–water partition coefficient (Wildman–Crippen LogP) is 2.17. The zero-order valence-electron chi connectivity index (χ0n) is 11.0. The highest BCUT2D eigenvalue weighted by atomic mass is 32.2. The summed E-state index contributed by atoms with van der Waals surface area (Å²) in [4.78, 5) is 2.81. The highest BCUT2D eigenvalue weighted by molar-refractivity contribution is 7.89. The number of hydrogen-bond acceptors (Lipinski definition) is 4. The minimum absolute atomic E-state index is 0.271.